The van der Waals surface area contributed by atoms with E-state index < -0.39 is 0 Å². The maximum absolute atomic E-state index is 5.48. The summed E-state index contributed by atoms with van der Waals surface area (Å²) in [6.45, 7) is 0. The lowest BCUT2D eigenvalue weighted by Gasteiger charge is -2.12. The zero-order valence-corrected chi connectivity index (χ0v) is 30.6. The quantitative estimate of drug-likeness (QED) is 0.165. The molecule has 0 N–H and O–H groups in total. The third-order valence-electron chi connectivity index (χ3n) is 10.1. The van der Waals surface area contributed by atoms with Crippen LogP contribution in [0.2, 0.25) is 0 Å². The van der Waals surface area contributed by atoms with Gasteiger partial charge in [0.05, 0.1) is 22.6 Å². The molecule has 0 saturated carbocycles. The SMILES string of the molecule is c1ccc(-c2cc(-c3ccc(-c4ccc5c(c4)nc(-c4ccccc4)c4c(-c6ccccc6)sc(-c6ccccc6)c45)cc3)nc(-c3ccccc3)n2)cc1. The highest BCUT2D eigenvalue weighted by Gasteiger charge is 2.22. The van der Waals surface area contributed by atoms with E-state index >= 15 is 0 Å². The second kappa shape index (κ2) is 14.1. The van der Waals surface area contributed by atoms with Crippen molar-refractivity contribution in [3.05, 3.63) is 200 Å². The average molecular weight is 720 g/mol. The number of benzene rings is 7. The van der Waals surface area contributed by atoms with Gasteiger partial charge in [-0.15, -0.1) is 11.3 Å². The molecule has 4 heteroatoms. The van der Waals surface area contributed by atoms with Crippen LogP contribution in [0.1, 0.15) is 0 Å². The first-order valence-electron chi connectivity index (χ1n) is 18.4. The number of fused-ring (bicyclic) bond motifs is 3. The molecule has 55 heavy (non-hydrogen) atoms. The molecule has 0 bridgehead atoms. The lowest BCUT2D eigenvalue weighted by atomic mass is 9.95. The summed E-state index contributed by atoms with van der Waals surface area (Å²) >= 11 is 1.85. The van der Waals surface area contributed by atoms with Crippen LogP contribution in [-0.4, -0.2) is 15.0 Å². The molecule has 258 valence electrons. The van der Waals surface area contributed by atoms with Gasteiger partial charge >= 0.3 is 0 Å². The van der Waals surface area contributed by atoms with E-state index in [9.17, 15) is 0 Å². The molecule has 0 spiro atoms. The Hall–Kier alpha value is -7.01. The summed E-state index contributed by atoms with van der Waals surface area (Å²) in [5.41, 5.74) is 12.6. The van der Waals surface area contributed by atoms with Gasteiger partial charge in [0.2, 0.25) is 0 Å². The van der Waals surface area contributed by atoms with Crippen LogP contribution in [0.25, 0.3) is 98.8 Å². The fourth-order valence-corrected chi connectivity index (χ4v) is 8.72. The van der Waals surface area contributed by atoms with Gasteiger partial charge in [-0.25, -0.2) is 15.0 Å². The third kappa shape index (κ3) is 6.19. The van der Waals surface area contributed by atoms with Gasteiger partial charge < -0.3 is 0 Å². The first kappa shape index (κ1) is 32.6. The van der Waals surface area contributed by atoms with Gasteiger partial charge in [0.25, 0.3) is 0 Å². The molecule has 3 nitrogen and oxygen atoms in total. The van der Waals surface area contributed by atoms with E-state index in [0.717, 1.165) is 61.4 Å². The summed E-state index contributed by atoms with van der Waals surface area (Å²) in [5.74, 6) is 0.709. The van der Waals surface area contributed by atoms with E-state index in [1.54, 1.807) is 0 Å². The van der Waals surface area contributed by atoms with Gasteiger partial charge in [0.1, 0.15) is 0 Å². The summed E-state index contributed by atoms with van der Waals surface area (Å²) in [4.78, 5) is 18.0. The van der Waals surface area contributed by atoms with Crippen molar-refractivity contribution in [3.8, 4) is 77.2 Å². The van der Waals surface area contributed by atoms with E-state index in [0.29, 0.717) is 5.82 Å². The summed E-state index contributed by atoms with van der Waals surface area (Å²) in [7, 11) is 0. The molecule has 7 aromatic carbocycles. The molecule has 0 aliphatic rings. The van der Waals surface area contributed by atoms with Gasteiger partial charge in [0.15, 0.2) is 5.82 Å². The molecular weight excluding hydrogens is 687 g/mol. The van der Waals surface area contributed by atoms with Crippen molar-refractivity contribution in [2.24, 2.45) is 0 Å². The van der Waals surface area contributed by atoms with Crippen molar-refractivity contribution in [3.63, 3.8) is 0 Å². The second-order valence-corrected chi connectivity index (χ2v) is 14.6. The Morgan fingerprint density at radius 1 is 0.309 bits per heavy atom. The molecule has 10 aromatic rings. The van der Waals surface area contributed by atoms with Gasteiger partial charge in [-0.1, -0.05) is 188 Å². The molecule has 3 heterocycles. The maximum Gasteiger partial charge on any atom is 0.160 e. The van der Waals surface area contributed by atoms with Crippen LogP contribution in [0.3, 0.4) is 0 Å². The Morgan fingerprint density at radius 3 is 1.31 bits per heavy atom. The minimum atomic E-state index is 0.709. The normalized spacial score (nSPS) is 11.3. The standard InChI is InChI=1S/C51H33N3S/c1-6-16-35(17-7-1)43-33-44(54-51(53-43)40-24-14-5-15-25-40)36-28-26-34(27-29-36)41-30-31-42-45(32-41)52-48(37-18-8-2-9-19-37)47-46(42)49(38-20-10-3-11-21-38)55-50(47)39-22-12-4-13-23-39/h1-33H. The summed E-state index contributed by atoms with van der Waals surface area (Å²) in [6, 6.07) is 70.1. The second-order valence-electron chi connectivity index (χ2n) is 13.6. The lowest BCUT2D eigenvalue weighted by molar-refractivity contribution is 1.18. The fraction of sp³-hybridized carbons (Fsp3) is 0. The van der Waals surface area contributed by atoms with Crippen LogP contribution in [0.5, 0.6) is 0 Å². The Balaban J connectivity index is 1.12. The molecule has 0 aliphatic carbocycles. The minimum Gasteiger partial charge on any atom is -0.247 e. The van der Waals surface area contributed by atoms with Crippen LogP contribution in [0.4, 0.5) is 0 Å². The number of hydrogen-bond donors (Lipinski definition) is 0. The third-order valence-corrected chi connectivity index (χ3v) is 11.4. The van der Waals surface area contributed by atoms with Gasteiger partial charge in [-0.05, 0) is 34.4 Å². The van der Waals surface area contributed by atoms with E-state index in [1.165, 1.54) is 31.7 Å². The predicted octanol–water partition coefficient (Wildman–Crippen LogP) is 13.9. The van der Waals surface area contributed by atoms with Crippen molar-refractivity contribution in [1.82, 2.24) is 15.0 Å². The fourth-order valence-electron chi connectivity index (χ4n) is 7.40. The number of nitrogens with zero attached hydrogens (tertiary/aromatic N) is 3. The smallest absolute Gasteiger partial charge is 0.160 e. The van der Waals surface area contributed by atoms with E-state index in [-0.39, 0.29) is 0 Å². The lowest BCUT2D eigenvalue weighted by Crippen LogP contribution is -1.95. The molecule has 0 fully saturated rings. The molecular formula is C51H33N3S. The van der Waals surface area contributed by atoms with E-state index in [4.69, 9.17) is 15.0 Å². The highest BCUT2D eigenvalue weighted by Crippen LogP contribution is 2.50. The molecule has 0 radical (unpaired) electrons. The molecule has 0 atom stereocenters. The van der Waals surface area contributed by atoms with Crippen LogP contribution in [0, 0.1) is 0 Å². The number of aromatic nitrogens is 3. The average Bonchev–Trinajstić information content (AvgIpc) is 3.68. The largest absolute Gasteiger partial charge is 0.247 e. The van der Waals surface area contributed by atoms with Crippen molar-refractivity contribution in [1.29, 1.82) is 0 Å². The van der Waals surface area contributed by atoms with Crippen LogP contribution in [-0.2, 0) is 0 Å². The molecule has 0 unspecified atom stereocenters. The number of thiophene rings is 1. The van der Waals surface area contributed by atoms with Crippen LogP contribution >= 0.6 is 11.3 Å². The molecule has 0 saturated heterocycles. The summed E-state index contributed by atoms with van der Waals surface area (Å²) < 4.78 is 0. The molecule has 0 amide bonds. The summed E-state index contributed by atoms with van der Waals surface area (Å²) in [5, 5.41) is 3.59. The number of pyridine rings is 1. The molecule has 0 aliphatic heterocycles. The van der Waals surface area contributed by atoms with Crippen molar-refractivity contribution >= 4 is 33.0 Å². The van der Waals surface area contributed by atoms with Crippen LogP contribution in [0.15, 0.2) is 200 Å². The highest BCUT2D eigenvalue weighted by atomic mass is 32.1. The van der Waals surface area contributed by atoms with Gasteiger partial charge in [0, 0.05) is 48.2 Å². The zero-order valence-electron chi connectivity index (χ0n) is 29.8. The number of hydrogen-bond acceptors (Lipinski definition) is 4. The monoisotopic (exact) mass is 719 g/mol. The zero-order chi connectivity index (χ0) is 36.6. The van der Waals surface area contributed by atoms with Crippen molar-refractivity contribution < 1.29 is 0 Å². The Labute approximate surface area is 323 Å². The van der Waals surface area contributed by atoms with Crippen LogP contribution < -0.4 is 0 Å². The first-order chi connectivity index (χ1) is 27.3. The van der Waals surface area contributed by atoms with E-state index in [2.05, 4.69) is 164 Å². The maximum atomic E-state index is 5.48. The molecule has 10 rings (SSSR count). The van der Waals surface area contributed by atoms with Gasteiger partial charge in [-0.2, -0.15) is 0 Å². The first-order valence-corrected chi connectivity index (χ1v) is 19.3. The predicted molar refractivity (Wildman–Crippen MR) is 231 cm³/mol. The van der Waals surface area contributed by atoms with Crippen molar-refractivity contribution in [2.75, 3.05) is 0 Å². The van der Waals surface area contributed by atoms with Gasteiger partial charge in [-0.3, -0.25) is 0 Å². The minimum absolute atomic E-state index is 0.709. The Kier molecular flexibility index (Phi) is 8.36. The molecule has 3 aromatic heterocycles. The summed E-state index contributed by atoms with van der Waals surface area (Å²) in [6.07, 6.45) is 0. The highest BCUT2D eigenvalue weighted by molar-refractivity contribution is 7.21. The topological polar surface area (TPSA) is 38.7 Å². The Bertz CT molecular complexity index is 2870. The van der Waals surface area contributed by atoms with E-state index in [1.807, 2.05) is 47.7 Å². The Morgan fingerprint density at radius 2 is 0.745 bits per heavy atom. The number of rotatable bonds is 7. The van der Waals surface area contributed by atoms with Crippen molar-refractivity contribution in [2.45, 2.75) is 0 Å².